The molecule has 142 valence electrons. The van der Waals surface area contributed by atoms with Crippen molar-refractivity contribution < 1.29 is 18.8 Å². The number of carbonyl (C=O) groups excluding carboxylic acids is 1. The first-order valence-electron chi connectivity index (χ1n) is 9.12. The number of anilines is 1. The fourth-order valence-corrected chi connectivity index (χ4v) is 2.89. The van der Waals surface area contributed by atoms with Crippen LogP contribution in [-0.2, 0) is 20.7 Å². The molecule has 0 radical (unpaired) electrons. The SMILES string of the molecule is CC(=O)Nc1cccc(OCc2ccccc2B2OC(C)(C)C(C)(C)O2)c1. The second kappa shape index (κ2) is 7.37. The van der Waals surface area contributed by atoms with E-state index in [1.54, 1.807) is 6.07 Å². The van der Waals surface area contributed by atoms with Crippen molar-refractivity contribution in [1.82, 2.24) is 0 Å². The molecule has 2 aromatic rings. The van der Waals surface area contributed by atoms with Crippen LogP contribution in [0.2, 0.25) is 0 Å². The molecule has 0 aliphatic carbocycles. The summed E-state index contributed by atoms with van der Waals surface area (Å²) in [6.07, 6.45) is 0. The Labute approximate surface area is 161 Å². The summed E-state index contributed by atoms with van der Waals surface area (Å²) in [4.78, 5) is 11.2. The molecule has 1 N–H and O–H groups in total. The summed E-state index contributed by atoms with van der Waals surface area (Å²) >= 11 is 0. The molecule has 0 saturated carbocycles. The van der Waals surface area contributed by atoms with Crippen LogP contribution < -0.4 is 15.5 Å². The number of nitrogens with one attached hydrogen (secondary N) is 1. The van der Waals surface area contributed by atoms with Crippen molar-refractivity contribution in [2.24, 2.45) is 0 Å². The first-order valence-corrected chi connectivity index (χ1v) is 9.12. The molecule has 3 rings (SSSR count). The van der Waals surface area contributed by atoms with Gasteiger partial charge in [-0.3, -0.25) is 4.79 Å². The van der Waals surface area contributed by atoms with Crippen molar-refractivity contribution in [3.63, 3.8) is 0 Å². The maximum atomic E-state index is 11.2. The molecule has 1 amide bonds. The molecule has 6 heteroatoms. The number of hydrogen-bond acceptors (Lipinski definition) is 4. The minimum Gasteiger partial charge on any atom is -0.489 e. The Morgan fingerprint density at radius 2 is 1.70 bits per heavy atom. The quantitative estimate of drug-likeness (QED) is 0.822. The van der Waals surface area contributed by atoms with E-state index in [4.69, 9.17) is 14.0 Å². The third-order valence-electron chi connectivity index (χ3n) is 5.11. The van der Waals surface area contributed by atoms with E-state index in [1.807, 2.05) is 70.2 Å². The Morgan fingerprint density at radius 3 is 2.37 bits per heavy atom. The molecule has 5 nitrogen and oxygen atoms in total. The molecule has 0 spiro atoms. The Balaban J connectivity index is 1.75. The fourth-order valence-electron chi connectivity index (χ4n) is 2.89. The average molecular weight is 367 g/mol. The van der Waals surface area contributed by atoms with Gasteiger partial charge in [0.05, 0.1) is 11.2 Å². The Hall–Kier alpha value is -2.31. The van der Waals surface area contributed by atoms with Gasteiger partial charge >= 0.3 is 7.12 Å². The van der Waals surface area contributed by atoms with E-state index >= 15 is 0 Å². The molecule has 2 aromatic carbocycles. The highest BCUT2D eigenvalue weighted by Gasteiger charge is 2.52. The van der Waals surface area contributed by atoms with E-state index in [-0.39, 0.29) is 5.91 Å². The van der Waals surface area contributed by atoms with Crippen molar-refractivity contribution in [3.05, 3.63) is 54.1 Å². The number of benzene rings is 2. The van der Waals surface area contributed by atoms with Gasteiger partial charge in [0, 0.05) is 18.7 Å². The van der Waals surface area contributed by atoms with Gasteiger partial charge < -0.3 is 19.4 Å². The molecule has 0 unspecified atom stereocenters. The van der Waals surface area contributed by atoms with Crippen LogP contribution in [0.5, 0.6) is 5.75 Å². The number of amides is 1. The summed E-state index contributed by atoms with van der Waals surface area (Å²) in [7, 11) is -0.430. The molecule has 1 saturated heterocycles. The van der Waals surface area contributed by atoms with Gasteiger partial charge in [0.2, 0.25) is 5.91 Å². The van der Waals surface area contributed by atoms with E-state index in [1.165, 1.54) is 6.92 Å². The van der Waals surface area contributed by atoms with Gasteiger partial charge in [-0.1, -0.05) is 30.3 Å². The zero-order valence-corrected chi connectivity index (χ0v) is 16.5. The maximum Gasteiger partial charge on any atom is 0.495 e. The van der Waals surface area contributed by atoms with Gasteiger partial charge in [-0.2, -0.15) is 0 Å². The first-order chi connectivity index (χ1) is 12.7. The van der Waals surface area contributed by atoms with Crippen molar-refractivity contribution in [2.45, 2.75) is 52.4 Å². The van der Waals surface area contributed by atoms with E-state index in [0.29, 0.717) is 18.0 Å². The normalized spacial score (nSPS) is 17.6. The third kappa shape index (κ3) is 4.34. The van der Waals surface area contributed by atoms with E-state index in [2.05, 4.69) is 5.32 Å². The minimum absolute atomic E-state index is 0.113. The Morgan fingerprint density at radius 1 is 1.04 bits per heavy atom. The van der Waals surface area contributed by atoms with Crippen LogP contribution in [0, 0.1) is 0 Å². The third-order valence-corrected chi connectivity index (χ3v) is 5.11. The maximum absolute atomic E-state index is 11.2. The lowest BCUT2D eigenvalue weighted by molar-refractivity contribution is -0.114. The molecule has 0 atom stereocenters. The zero-order chi connectivity index (χ0) is 19.7. The largest absolute Gasteiger partial charge is 0.495 e. The van der Waals surface area contributed by atoms with Gasteiger partial charge in [0.25, 0.3) is 0 Å². The van der Waals surface area contributed by atoms with Crippen molar-refractivity contribution in [1.29, 1.82) is 0 Å². The van der Waals surface area contributed by atoms with Gasteiger partial charge in [0.15, 0.2) is 0 Å². The summed E-state index contributed by atoms with van der Waals surface area (Å²) in [5.74, 6) is 0.572. The lowest BCUT2D eigenvalue weighted by atomic mass is 9.76. The second-order valence-electron chi connectivity index (χ2n) is 7.78. The summed E-state index contributed by atoms with van der Waals surface area (Å²) in [6, 6.07) is 15.3. The summed E-state index contributed by atoms with van der Waals surface area (Å²) in [6.45, 7) is 10.0. The van der Waals surface area contributed by atoms with Crippen LogP contribution in [0.15, 0.2) is 48.5 Å². The predicted molar refractivity (Wildman–Crippen MR) is 107 cm³/mol. The molecule has 1 heterocycles. The van der Waals surface area contributed by atoms with Crippen LogP contribution in [0.4, 0.5) is 5.69 Å². The molecule has 27 heavy (non-hydrogen) atoms. The number of ether oxygens (including phenoxy) is 1. The van der Waals surface area contributed by atoms with Crippen LogP contribution >= 0.6 is 0 Å². The average Bonchev–Trinajstić information content (AvgIpc) is 2.81. The molecule has 1 aliphatic rings. The van der Waals surface area contributed by atoms with Gasteiger partial charge in [-0.05, 0) is 50.9 Å². The highest BCUT2D eigenvalue weighted by Crippen LogP contribution is 2.36. The standard InChI is InChI=1S/C21H26BNO4/c1-15(24)23-17-10-8-11-18(13-17)25-14-16-9-6-7-12-19(16)22-26-20(2,3)21(4,5)27-22/h6-13H,14H2,1-5H3,(H,23,24). The number of carbonyl (C=O) groups is 1. The lowest BCUT2D eigenvalue weighted by Gasteiger charge is -2.32. The van der Waals surface area contributed by atoms with E-state index in [9.17, 15) is 4.79 Å². The highest BCUT2D eigenvalue weighted by atomic mass is 16.7. The lowest BCUT2D eigenvalue weighted by Crippen LogP contribution is -2.41. The zero-order valence-electron chi connectivity index (χ0n) is 16.5. The Kier molecular flexibility index (Phi) is 5.31. The first kappa shape index (κ1) is 19.5. The van der Waals surface area contributed by atoms with Crippen molar-refractivity contribution in [2.75, 3.05) is 5.32 Å². The predicted octanol–water partition coefficient (Wildman–Crippen LogP) is 3.52. The number of rotatable bonds is 5. The van der Waals surface area contributed by atoms with Crippen LogP contribution in [0.1, 0.15) is 40.2 Å². The molecular formula is C21H26BNO4. The van der Waals surface area contributed by atoms with Crippen LogP contribution in [0.3, 0.4) is 0 Å². The van der Waals surface area contributed by atoms with Gasteiger partial charge in [-0.25, -0.2) is 0 Å². The topological polar surface area (TPSA) is 56.8 Å². The number of hydrogen-bond donors (Lipinski definition) is 1. The highest BCUT2D eigenvalue weighted by molar-refractivity contribution is 6.62. The fraction of sp³-hybridized carbons (Fsp3) is 0.381. The van der Waals surface area contributed by atoms with Crippen molar-refractivity contribution in [3.8, 4) is 5.75 Å². The summed E-state index contributed by atoms with van der Waals surface area (Å²) < 4.78 is 18.3. The monoisotopic (exact) mass is 367 g/mol. The Bertz CT molecular complexity index is 818. The van der Waals surface area contributed by atoms with Crippen LogP contribution in [-0.4, -0.2) is 24.2 Å². The molecule has 1 aliphatic heterocycles. The van der Waals surface area contributed by atoms with Gasteiger partial charge in [-0.15, -0.1) is 0 Å². The smallest absolute Gasteiger partial charge is 0.489 e. The second-order valence-corrected chi connectivity index (χ2v) is 7.78. The van der Waals surface area contributed by atoms with E-state index in [0.717, 1.165) is 11.0 Å². The van der Waals surface area contributed by atoms with Crippen molar-refractivity contribution >= 4 is 24.2 Å². The summed E-state index contributed by atoms with van der Waals surface area (Å²) in [5, 5.41) is 2.76. The molecule has 1 fully saturated rings. The molecule has 0 aromatic heterocycles. The van der Waals surface area contributed by atoms with Gasteiger partial charge in [0.1, 0.15) is 12.4 Å². The molecule has 0 bridgehead atoms. The van der Waals surface area contributed by atoms with Crippen LogP contribution in [0.25, 0.3) is 0 Å². The summed E-state index contributed by atoms with van der Waals surface area (Å²) in [5.41, 5.74) is 1.89. The van der Waals surface area contributed by atoms with E-state index < -0.39 is 18.3 Å². The minimum atomic E-state index is -0.430. The molecular weight excluding hydrogens is 341 g/mol.